The summed E-state index contributed by atoms with van der Waals surface area (Å²) >= 11 is 0. The van der Waals surface area contributed by atoms with E-state index in [0.29, 0.717) is 5.56 Å². The Hall–Kier alpha value is -3.97. The fraction of sp³-hybridized carbons (Fsp3) is 0.458. The molecule has 0 bridgehead atoms. The van der Waals surface area contributed by atoms with E-state index in [9.17, 15) is 34.2 Å². The van der Waals surface area contributed by atoms with E-state index in [-0.39, 0.29) is 25.2 Å². The van der Waals surface area contributed by atoms with Crippen molar-refractivity contribution < 1.29 is 34.2 Å². The molecule has 4 amide bonds. The van der Waals surface area contributed by atoms with E-state index in [0.717, 1.165) is 10.9 Å². The van der Waals surface area contributed by atoms with Crippen molar-refractivity contribution in [1.82, 2.24) is 20.9 Å². The number of primary amides is 1. The van der Waals surface area contributed by atoms with Crippen molar-refractivity contribution in [2.45, 2.75) is 57.3 Å². The highest BCUT2D eigenvalue weighted by molar-refractivity contribution is 5.95. The fourth-order valence-electron chi connectivity index (χ4n) is 3.58. The number of aliphatic hydroxyl groups excluding tert-OH is 1. The summed E-state index contributed by atoms with van der Waals surface area (Å²) < 4.78 is 0. The van der Waals surface area contributed by atoms with Crippen LogP contribution >= 0.6 is 0 Å². The zero-order valence-electron chi connectivity index (χ0n) is 20.7. The Bertz CT molecular complexity index is 1130. The van der Waals surface area contributed by atoms with Gasteiger partial charge in [-0.25, -0.2) is 4.79 Å². The molecule has 10 N–H and O–H groups in total. The van der Waals surface area contributed by atoms with Gasteiger partial charge in [0, 0.05) is 29.9 Å². The smallest absolute Gasteiger partial charge is 0.326 e. The Morgan fingerprint density at radius 1 is 0.946 bits per heavy atom. The molecule has 1 aromatic carbocycles. The van der Waals surface area contributed by atoms with E-state index in [2.05, 4.69) is 20.9 Å². The van der Waals surface area contributed by atoms with E-state index in [4.69, 9.17) is 11.5 Å². The molecule has 4 unspecified atom stereocenters. The summed E-state index contributed by atoms with van der Waals surface area (Å²) in [6.07, 6.45) is 1.10. The van der Waals surface area contributed by atoms with Crippen molar-refractivity contribution in [2.24, 2.45) is 17.4 Å². The number of carboxylic acid groups (broad SMARTS) is 1. The van der Waals surface area contributed by atoms with Crippen LogP contribution in [0.1, 0.15) is 32.3 Å². The quantitative estimate of drug-likeness (QED) is 0.146. The van der Waals surface area contributed by atoms with Crippen molar-refractivity contribution in [3.05, 3.63) is 36.0 Å². The number of nitrogens with two attached hydrogens (primary N) is 2. The van der Waals surface area contributed by atoms with Crippen LogP contribution in [0.4, 0.5) is 0 Å². The molecule has 0 saturated carbocycles. The number of para-hydroxylation sites is 1. The van der Waals surface area contributed by atoms with Gasteiger partial charge in [0.1, 0.15) is 18.1 Å². The highest BCUT2D eigenvalue weighted by Gasteiger charge is 2.31. The standard InChI is InChI=1S/C24H34N6O7/c1-12(2)20(26)23(35)30-18(11-31)22(34)29-17(9-13-10-27-15-6-4-3-5-14(13)15)21(33)28-16(24(36)37)7-8-19(25)32/h3-6,10,12,16-18,20,27,31H,7-9,11,26H2,1-2H3,(H2,25,32)(H,28,33)(H,29,34)(H,30,35)(H,36,37). The highest BCUT2D eigenvalue weighted by Crippen LogP contribution is 2.19. The molecule has 0 radical (unpaired) electrons. The number of nitrogens with one attached hydrogen (secondary N) is 4. The van der Waals surface area contributed by atoms with Crippen molar-refractivity contribution >= 4 is 40.5 Å². The number of carboxylic acids is 1. The van der Waals surface area contributed by atoms with Gasteiger partial charge in [-0.15, -0.1) is 0 Å². The summed E-state index contributed by atoms with van der Waals surface area (Å²) in [5.41, 5.74) is 12.4. The average Bonchev–Trinajstić information content (AvgIpc) is 3.26. The fourth-order valence-corrected chi connectivity index (χ4v) is 3.58. The lowest BCUT2D eigenvalue weighted by Gasteiger charge is -2.25. The molecule has 2 rings (SSSR count). The first-order valence-corrected chi connectivity index (χ1v) is 11.8. The first kappa shape index (κ1) is 29.3. The van der Waals surface area contributed by atoms with E-state index in [1.165, 1.54) is 0 Å². The summed E-state index contributed by atoms with van der Waals surface area (Å²) in [5.74, 6) is -4.69. The van der Waals surface area contributed by atoms with Crippen molar-refractivity contribution in [1.29, 1.82) is 0 Å². The third-order valence-electron chi connectivity index (χ3n) is 5.86. The minimum Gasteiger partial charge on any atom is -0.480 e. The van der Waals surface area contributed by atoms with Crippen LogP contribution in [-0.2, 0) is 30.4 Å². The van der Waals surface area contributed by atoms with Crippen molar-refractivity contribution in [3.63, 3.8) is 0 Å². The Morgan fingerprint density at radius 3 is 2.14 bits per heavy atom. The second kappa shape index (κ2) is 13.4. The number of fused-ring (bicyclic) bond motifs is 1. The Morgan fingerprint density at radius 2 is 1.54 bits per heavy atom. The van der Waals surface area contributed by atoms with Crippen LogP contribution in [0.25, 0.3) is 10.9 Å². The molecule has 0 fully saturated rings. The number of benzene rings is 1. The number of aliphatic carboxylic acids is 1. The van der Waals surface area contributed by atoms with Gasteiger partial charge in [-0.2, -0.15) is 0 Å². The lowest BCUT2D eigenvalue weighted by atomic mass is 10.0. The van der Waals surface area contributed by atoms with Gasteiger partial charge in [0.25, 0.3) is 0 Å². The summed E-state index contributed by atoms with van der Waals surface area (Å²) in [7, 11) is 0. The maximum atomic E-state index is 13.1. The van der Waals surface area contributed by atoms with Crippen LogP contribution in [0.15, 0.2) is 30.5 Å². The second-order valence-corrected chi connectivity index (χ2v) is 9.04. The summed E-state index contributed by atoms with van der Waals surface area (Å²) in [4.78, 5) is 64.2. The second-order valence-electron chi connectivity index (χ2n) is 9.04. The van der Waals surface area contributed by atoms with Crippen LogP contribution in [0.5, 0.6) is 0 Å². The van der Waals surface area contributed by atoms with Gasteiger partial charge in [-0.1, -0.05) is 32.0 Å². The minimum absolute atomic E-state index is 0.0403. The van der Waals surface area contributed by atoms with Gasteiger partial charge >= 0.3 is 5.97 Å². The molecule has 1 heterocycles. The predicted molar refractivity (Wildman–Crippen MR) is 134 cm³/mol. The van der Waals surface area contributed by atoms with E-state index >= 15 is 0 Å². The number of H-pyrrole nitrogens is 1. The molecule has 0 spiro atoms. The molecule has 202 valence electrons. The minimum atomic E-state index is -1.43. The zero-order chi connectivity index (χ0) is 27.7. The van der Waals surface area contributed by atoms with Crippen molar-refractivity contribution in [3.8, 4) is 0 Å². The largest absolute Gasteiger partial charge is 0.480 e. The number of carbonyl (C=O) groups excluding carboxylic acids is 4. The number of aliphatic hydroxyl groups is 1. The molecular formula is C24H34N6O7. The van der Waals surface area contributed by atoms with Crippen LogP contribution in [0, 0.1) is 5.92 Å². The maximum Gasteiger partial charge on any atom is 0.326 e. The summed E-state index contributed by atoms with van der Waals surface area (Å²) in [5, 5.41) is 27.1. The molecule has 37 heavy (non-hydrogen) atoms. The van der Waals surface area contributed by atoms with Gasteiger partial charge in [-0.3, -0.25) is 19.2 Å². The highest BCUT2D eigenvalue weighted by atomic mass is 16.4. The maximum absolute atomic E-state index is 13.1. The van der Waals surface area contributed by atoms with Crippen molar-refractivity contribution in [2.75, 3.05) is 6.61 Å². The van der Waals surface area contributed by atoms with Gasteiger partial charge in [0.05, 0.1) is 12.6 Å². The Kier molecular flexibility index (Phi) is 10.6. The third-order valence-corrected chi connectivity index (χ3v) is 5.86. The van der Waals surface area contributed by atoms with Crippen LogP contribution in [-0.4, -0.2) is 75.6 Å². The van der Waals surface area contributed by atoms with E-state index < -0.39 is 60.4 Å². The summed E-state index contributed by atoms with van der Waals surface area (Å²) in [6.45, 7) is 2.67. The lowest BCUT2D eigenvalue weighted by molar-refractivity contribution is -0.142. The Labute approximate surface area is 213 Å². The first-order chi connectivity index (χ1) is 17.4. The zero-order valence-corrected chi connectivity index (χ0v) is 20.7. The molecule has 2 aromatic rings. The number of amides is 4. The molecule has 1 aromatic heterocycles. The predicted octanol–water partition coefficient (Wildman–Crippen LogP) is -1.51. The van der Waals surface area contributed by atoms with Gasteiger partial charge in [0.15, 0.2) is 0 Å². The van der Waals surface area contributed by atoms with Gasteiger partial charge < -0.3 is 42.6 Å². The molecule has 0 aliphatic carbocycles. The first-order valence-electron chi connectivity index (χ1n) is 11.8. The molecular weight excluding hydrogens is 484 g/mol. The lowest BCUT2D eigenvalue weighted by Crippen LogP contribution is -2.59. The van der Waals surface area contributed by atoms with Gasteiger partial charge in [0.2, 0.25) is 23.6 Å². The molecule has 0 aliphatic heterocycles. The van der Waals surface area contributed by atoms with Crippen LogP contribution in [0.2, 0.25) is 0 Å². The van der Waals surface area contributed by atoms with Gasteiger partial charge in [-0.05, 0) is 24.0 Å². The number of aromatic nitrogens is 1. The van der Waals surface area contributed by atoms with E-state index in [1.807, 2.05) is 18.2 Å². The molecule has 0 aliphatic rings. The van der Waals surface area contributed by atoms with Crippen LogP contribution < -0.4 is 27.4 Å². The topological polar surface area (TPSA) is 230 Å². The SMILES string of the molecule is CC(C)C(N)C(=O)NC(CO)C(=O)NC(Cc1c[nH]c2ccccc12)C(=O)NC(CCC(N)=O)C(=O)O. The number of rotatable bonds is 14. The monoisotopic (exact) mass is 518 g/mol. The number of carbonyl (C=O) groups is 5. The Balaban J connectivity index is 2.27. The number of hydrogen-bond acceptors (Lipinski definition) is 7. The third kappa shape index (κ3) is 8.29. The molecule has 13 heteroatoms. The normalized spacial score (nSPS) is 14.4. The number of hydrogen-bond donors (Lipinski definition) is 8. The molecule has 0 saturated heterocycles. The molecule has 13 nitrogen and oxygen atoms in total. The average molecular weight is 519 g/mol. The number of aromatic amines is 1. The summed E-state index contributed by atoms with van der Waals surface area (Å²) in [6, 6.07) is 2.22. The van der Waals surface area contributed by atoms with Crippen LogP contribution in [0.3, 0.4) is 0 Å². The van der Waals surface area contributed by atoms with E-state index in [1.54, 1.807) is 26.1 Å². The molecule has 4 atom stereocenters.